The number of ether oxygens (including phenoxy) is 1. The van der Waals surface area contributed by atoms with Gasteiger partial charge in [0.2, 0.25) is 0 Å². The Bertz CT molecular complexity index is 1070. The Morgan fingerprint density at radius 3 is 2.48 bits per heavy atom. The number of carbonyl (C=O) groups excluding carboxylic acids is 1. The van der Waals surface area contributed by atoms with Gasteiger partial charge in [-0.2, -0.15) is 5.10 Å². The second-order valence-electron chi connectivity index (χ2n) is 8.61. The van der Waals surface area contributed by atoms with Crippen LogP contribution < -0.4 is 4.74 Å². The lowest BCUT2D eigenvalue weighted by atomic mass is 9.95. The summed E-state index contributed by atoms with van der Waals surface area (Å²) in [7, 11) is 0. The molecule has 6 nitrogen and oxygen atoms in total. The number of rotatable bonds is 11. The van der Waals surface area contributed by atoms with Gasteiger partial charge < -0.3 is 14.7 Å². The molecule has 1 aromatic heterocycles. The number of phenols is 1. The van der Waals surface area contributed by atoms with Gasteiger partial charge in [-0.05, 0) is 42.7 Å². The predicted octanol–water partition coefficient (Wildman–Crippen LogP) is 6.09. The van der Waals surface area contributed by atoms with E-state index in [9.17, 15) is 9.90 Å². The predicted molar refractivity (Wildman–Crippen MR) is 130 cm³/mol. The number of H-pyrrole nitrogens is 1. The highest BCUT2D eigenvalue weighted by atomic mass is 16.5. The number of aromatic hydroxyl groups is 1. The van der Waals surface area contributed by atoms with Crippen molar-refractivity contribution >= 4 is 5.91 Å². The van der Waals surface area contributed by atoms with Crippen LogP contribution in [0.25, 0.3) is 11.3 Å². The number of amides is 1. The highest BCUT2D eigenvalue weighted by Crippen LogP contribution is 2.44. The molecule has 1 atom stereocenters. The van der Waals surface area contributed by atoms with Crippen LogP contribution in [0.2, 0.25) is 0 Å². The van der Waals surface area contributed by atoms with Crippen molar-refractivity contribution in [2.24, 2.45) is 0 Å². The van der Waals surface area contributed by atoms with Gasteiger partial charge in [0.1, 0.15) is 22.9 Å². The van der Waals surface area contributed by atoms with Gasteiger partial charge in [0.05, 0.1) is 12.6 Å². The molecule has 4 rings (SSSR count). The van der Waals surface area contributed by atoms with Gasteiger partial charge in [-0.1, -0.05) is 63.8 Å². The highest BCUT2D eigenvalue weighted by Gasteiger charge is 2.42. The number of nitrogens with one attached hydrogen (secondary N) is 1. The van der Waals surface area contributed by atoms with Crippen molar-refractivity contribution in [3.05, 3.63) is 65.4 Å². The number of aromatic nitrogens is 2. The Balaban J connectivity index is 1.64. The monoisotopic (exact) mass is 447 g/mol. The number of nitrogens with zero attached hydrogens (tertiary/aromatic N) is 2. The van der Waals surface area contributed by atoms with Gasteiger partial charge in [0.25, 0.3) is 5.91 Å². The molecule has 0 aliphatic carbocycles. The van der Waals surface area contributed by atoms with E-state index in [0.29, 0.717) is 30.1 Å². The molecule has 0 saturated heterocycles. The Morgan fingerprint density at radius 2 is 1.76 bits per heavy atom. The summed E-state index contributed by atoms with van der Waals surface area (Å²) in [6, 6.07) is 14.9. The maximum atomic E-state index is 13.3. The number of fused-ring (bicyclic) bond motifs is 1. The lowest BCUT2D eigenvalue weighted by Gasteiger charge is -2.26. The molecule has 1 aliphatic heterocycles. The summed E-state index contributed by atoms with van der Waals surface area (Å²) in [6.07, 6.45) is 6.61. The first kappa shape index (κ1) is 22.9. The van der Waals surface area contributed by atoms with Crippen LogP contribution in [0.1, 0.15) is 80.0 Å². The van der Waals surface area contributed by atoms with Crippen molar-refractivity contribution < 1.29 is 14.6 Å². The number of para-hydroxylation sites is 1. The smallest absolute Gasteiger partial charge is 0.273 e. The summed E-state index contributed by atoms with van der Waals surface area (Å²) in [4.78, 5) is 15.2. The zero-order valence-corrected chi connectivity index (χ0v) is 19.5. The molecule has 0 bridgehead atoms. The van der Waals surface area contributed by atoms with Gasteiger partial charge in [0, 0.05) is 17.7 Å². The molecule has 0 unspecified atom stereocenters. The van der Waals surface area contributed by atoms with Crippen LogP contribution in [-0.2, 0) is 0 Å². The van der Waals surface area contributed by atoms with Crippen LogP contribution >= 0.6 is 0 Å². The molecule has 0 fully saturated rings. The molecular weight excluding hydrogens is 414 g/mol. The van der Waals surface area contributed by atoms with E-state index in [0.717, 1.165) is 36.1 Å². The number of phenolic OH excluding ortho intramolecular Hbond substituents is 1. The van der Waals surface area contributed by atoms with Crippen molar-refractivity contribution in [3.63, 3.8) is 0 Å². The SMILES string of the molecule is CCCCCCOc1ccc([C@@H]2c3c(-c4ccccc4O)n[nH]c3C(=O)N2CCCC)cc1. The molecule has 1 aliphatic rings. The molecule has 2 aromatic carbocycles. The Morgan fingerprint density at radius 1 is 1.00 bits per heavy atom. The normalized spacial score (nSPS) is 15.2. The van der Waals surface area contributed by atoms with Crippen LogP contribution in [0.4, 0.5) is 0 Å². The molecule has 0 saturated carbocycles. The second kappa shape index (κ2) is 10.6. The second-order valence-corrected chi connectivity index (χ2v) is 8.61. The first-order valence-corrected chi connectivity index (χ1v) is 12.1. The molecule has 0 radical (unpaired) electrons. The van der Waals surface area contributed by atoms with E-state index in [1.807, 2.05) is 41.3 Å². The Hall–Kier alpha value is -3.28. The summed E-state index contributed by atoms with van der Waals surface area (Å²) in [5.41, 5.74) is 3.58. The fourth-order valence-corrected chi connectivity index (χ4v) is 4.45. The Kier molecular flexibility index (Phi) is 7.33. The molecule has 2 heterocycles. The van der Waals surface area contributed by atoms with Crippen molar-refractivity contribution in [2.45, 2.75) is 58.4 Å². The van der Waals surface area contributed by atoms with Gasteiger partial charge >= 0.3 is 0 Å². The molecule has 6 heteroatoms. The third kappa shape index (κ3) is 4.75. The number of aromatic amines is 1. The van der Waals surface area contributed by atoms with E-state index in [4.69, 9.17) is 4.74 Å². The van der Waals surface area contributed by atoms with Crippen molar-refractivity contribution in [3.8, 4) is 22.8 Å². The summed E-state index contributed by atoms with van der Waals surface area (Å²) >= 11 is 0. The van der Waals surface area contributed by atoms with Crippen LogP contribution in [-0.4, -0.2) is 39.3 Å². The number of unbranched alkanes of at least 4 members (excludes halogenated alkanes) is 4. The topological polar surface area (TPSA) is 78.5 Å². The zero-order chi connectivity index (χ0) is 23.2. The fraction of sp³-hybridized carbons (Fsp3) is 0.407. The van der Waals surface area contributed by atoms with Gasteiger partial charge in [-0.25, -0.2) is 0 Å². The van der Waals surface area contributed by atoms with E-state index in [1.54, 1.807) is 12.1 Å². The highest BCUT2D eigenvalue weighted by molar-refractivity contribution is 6.00. The third-order valence-electron chi connectivity index (χ3n) is 6.24. The number of benzene rings is 2. The fourth-order valence-electron chi connectivity index (χ4n) is 4.45. The van der Waals surface area contributed by atoms with Crippen LogP contribution in [0, 0.1) is 0 Å². The number of hydrogen-bond acceptors (Lipinski definition) is 4. The summed E-state index contributed by atoms with van der Waals surface area (Å²) in [5.74, 6) is 0.943. The first-order valence-electron chi connectivity index (χ1n) is 12.1. The van der Waals surface area contributed by atoms with Crippen LogP contribution in [0.15, 0.2) is 48.5 Å². The maximum Gasteiger partial charge on any atom is 0.273 e. The largest absolute Gasteiger partial charge is 0.507 e. The van der Waals surface area contributed by atoms with E-state index in [1.165, 1.54) is 19.3 Å². The number of hydrogen-bond donors (Lipinski definition) is 2. The van der Waals surface area contributed by atoms with Crippen molar-refractivity contribution in [1.82, 2.24) is 15.1 Å². The quantitative estimate of drug-likeness (QED) is 0.349. The lowest BCUT2D eigenvalue weighted by molar-refractivity contribution is 0.0741. The first-order chi connectivity index (χ1) is 16.2. The summed E-state index contributed by atoms with van der Waals surface area (Å²) in [5, 5.41) is 17.8. The molecule has 33 heavy (non-hydrogen) atoms. The number of carbonyl (C=O) groups is 1. The molecule has 2 N–H and O–H groups in total. The molecule has 0 spiro atoms. The standard InChI is InChI=1S/C27H33N3O3/c1-3-5-7-10-18-33-20-15-13-19(14-16-20)26-23-24(21-11-8-9-12-22(21)31)28-29-25(23)27(32)30(26)17-6-4-2/h8-9,11-16,26,31H,3-7,10,17-18H2,1-2H3,(H,28,29)/t26-/m1/s1. The third-order valence-corrected chi connectivity index (χ3v) is 6.24. The van der Waals surface area contributed by atoms with E-state index < -0.39 is 0 Å². The van der Waals surface area contributed by atoms with E-state index >= 15 is 0 Å². The molecular formula is C27H33N3O3. The van der Waals surface area contributed by atoms with E-state index in [-0.39, 0.29) is 17.7 Å². The average molecular weight is 448 g/mol. The Labute approximate surface area is 195 Å². The minimum atomic E-state index is -0.258. The van der Waals surface area contributed by atoms with Gasteiger partial charge in [-0.3, -0.25) is 9.89 Å². The van der Waals surface area contributed by atoms with Crippen LogP contribution in [0.5, 0.6) is 11.5 Å². The molecule has 174 valence electrons. The summed E-state index contributed by atoms with van der Waals surface area (Å²) < 4.78 is 5.91. The van der Waals surface area contributed by atoms with Crippen molar-refractivity contribution in [2.75, 3.05) is 13.2 Å². The average Bonchev–Trinajstić information content (AvgIpc) is 3.37. The van der Waals surface area contributed by atoms with Gasteiger partial charge in [-0.15, -0.1) is 0 Å². The van der Waals surface area contributed by atoms with Crippen LogP contribution in [0.3, 0.4) is 0 Å². The molecule has 1 amide bonds. The van der Waals surface area contributed by atoms with Gasteiger partial charge in [0.15, 0.2) is 0 Å². The zero-order valence-electron chi connectivity index (χ0n) is 19.5. The minimum Gasteiger partial charge on any atom is -0.507 e. The lowest BCUT2D eigenvalue weighted by Crippen LogP contribution is -2.30. The summed E-state index contributed by atoms with van der Waals surface area (Å²) in [6.45, 7) is 5.70. The van der Waals surface area contributed by atoms with E-state index in [2.05, 4.69) is 24.0 Å². The maximum absolute atomic E-state index is 13.3. The molecule has 3 aromatic rings. The minimum absolute atomic E-state index is 0.0473. The van der Waals surface area contributed by atoms with Crippen molar-refractivity contribution in [1.29, 1.82) is 0 Å².